The second-order valence-corrected chi connectivity index (χ2v) is 5.53. The fourth-order valence-electron chi connectivity index (χ4n) is 2.05. The number of thiocarbonyl (C=S) groups is 1. The smallest absolute Gasteiger partial charge is 0.171 e. The van der Waals surface area contributed by atoms with Gasteiger partial charge in [0.2, 0.25) is 0 Å². The zero-order valence-electron chi connectivity index (χ0n) is 11.5. The summed E-state index contributed by atoms with van der Waals surface area (Å²) in [5.74, 6) is 0. The summed E-state index contributed by atoms with van der Waals surface area (Å²) in [5.41, 5.74) is 3.42. The van der Waals surface area contributed by atoms with Crippen LogP contribution in [-0.2, 0) is 0 Å². The maximum atomic E-state index is 5.85. The molecule has 2 N–H and O–H groups in total. The normalized spacial score (nSPS) is 11.8. The third-order valence-electron chi connectivity index (χ3n) is 3.10. The summed E-state index contributed by atoms with van der Waals surface area (Å²) in [4.78, 5) is 0. The first-order valence-corrected chi connectivity index (χ1v) is 7.23. The highest BCUT2D eigenvalue weighted by molar-refractivity contribution is 7.80. The Morgan fingerprint density at radius 1 is 1.10 bits per heavy atom. The molecule has 0 spiro atoms. The van der Waals surface area contributed by atoms with Gasteiger partial charge in [-0.1, -0.05) is 35.9 Å². The number of aryl methyl sites for hydroxylation is 1. The summed E-state index contributed by atoms with van der Waals surface area (Å²) in [6.45, 7) is 4.20. The lowest BCUT2D eigenvalue weighted by Gasteiger charge is -2.19. The Kier molecular flexibility index (Phi) is 4.99. The minimum Gasteiger partial charge on any atom is -0.356 e. The van der Waals surface area contributed by atoms with E-state index in [-0.39, 0.29) is 6.04 Å². The first kappa shape index (κ1) is 14.8. The molecule has 0 heterocycles. The number of hydrogen-bond acceptors (Lipinski definition) is 1. The summed E-state index contributed by atoms with van der Waals surface area (Å²) >= 11 is 11.2. The summed E-state index contributed by atoms with van der Waals surface area (Å²) in [7, 11) is 0. The molecular weight excluding hydrogens is 288 g/mol. The molecule has 0 amide bonds. The standard InChI is InChI=1S/C16H17ClN2S/c1-11-5-3-4-6-15(11)12(2)18-16(20)19-14-9-7-13(17)8-10-14/h3-10,12H,1-2H3,(H2,18,19,20). The fourth-order valence-corrected chi connectivity index (χ4v) is 2.47. The van der Waals surface area contributed by atoms with Gasteiger partial charge in [0.15, 0.2) is 5.11 Å². The lowest BCUT2D eigenvalue weighted by Crippen LogP contribution is -2.31. The van der Waals surface area contributed by atoms with E-state index in [0.717, 1.165) is 5.69 Å². The maximum Gasteiger partial charge on any atom is 0.171 e. The van der Waals surface area contributed by atoms with Crippen LogP contribution in [-0.4, -0.2) is 5.11 Å². The molecule has 0 aliphatic rings. The van der Waals surface area contributed by atoms with Crippen molar-refractivity contribution in [2.45, 2.75) is 19.9 Å². The third-order valence-corrected chi connectivity index (χ3v) is 3.58. The largest absolute Gasteiger partial charge is 0.356 e. The van der Waals surface area contributed by atoms with Gasteiger partial charge in [-0.3, -0.25) is 0 Å². The molecule has 0 bridgehead atoms. The van der Waals surface area contributed by atoms with Gasteiger partial charge in [-0.2, -0.15) is 0 Å². The predicted octanol–water partition coefficient (Wildman–Crippen LogP) is 4.70. The van der Waals surface area contributed by atoms with Gasteiger partial charge in [0.1, 0.15) is 0 Å². The van der Waals surface area contributed by atoms with Gasteiger partial charge in [-0.25, -0.2) is 0 Å². The number of benzene rings is 2. The zero-order chi connectivity index (χ0) is 14.5. The fraction of sp³-hybridized carbons (Fsp3) is 0.188. The van der Waals surface area contributed by atoms with E-state index in [4.69, 9.17) is 23.8 Å². The van der Waals surface area contributed by atoms with Crippen LogP contribution in [0, 0.1) is 6.92 Å². The quantitative estimate of drug-likeness (QED) is 0.804. The van der Waals surface area contributed by atoms with Gasteiger partial charge >= 0.3 is 0 Å². The van der Waals surface area contributed by atoms with Crippen molar-refractivity contribution in [3.8, 4) is 0 Å². The highest BCUT2D eigenvalue weighted by Crippen LogP contribution is 2.17. The summed E-state index contributed by atoms with van der Waals surface area (Å²) in [6.07, 6.45) is 0. The van der Waals surface area contributed by atoms with Crippen LogP contribution in [0.1, 0.15) is 24.1 Å². The topological polar surface area (TPSA) is 24.1 Å². The van der Waals surface area contributed by atoms with E-state index < -0.39 is 0 Å². The van der Waals surface area contributed by atoms with Crippen molar-refractivity contribution in [1.82, 2.24) is 5.32 Å². The molecule has 1 atom stereocenters. The van der Waals surface area contributed by atoms with Gasteiger partial charge in [0, 0.05) is 10.7 Å². The third kappa shape index (κ3) is 3.95. The van der Waals surface area contributed by atoms with Gasteiger partial charge in [-0.05, 0) is 61.5 Å². The molecule has 0 saturated heterocycles. The minimum atomic E-state index is 0.156. The number of rotatable bonds is 3. The van der Waals surface area contributed by atoms with Crippen molar-refractivity contribution < 1.29 is 0 Å². The molecule has 2 rings (SSSR count). The van der Waals surface area contributed by atoms with Crippen LogP contribution in [0.5, 0.6) is 0 Å². The lowest BCUT2D eigenvalue weighted by atomic mass is 10.0. The Bertz CT molecular complexity index is 596. The SMILES string of the molecule is Cc1ccccc1C(C)NC(=S)Nc1ccc(Cl)cc1. The van der Waals surface area contributed by atoms with Gasteiger partial charge in [0.05, 0.1) is 6.04 Å². The minimum absolute atomic E-state index is 0.156. The molecule has 0 aliphatic carbocycles. The average Bonchev–Trinajstić information content (AvgIpc) is 2.41. The van der Waals surface area contributed by atoms with Crippen LogP contribution in [0.15, 0.2) is 48.5 Å². The van der Waals surface area contributed by atoms with Crippen molar-refractivity contribution in [3.63, 3.8) is 0 Å². The molecular formula is C16H17ClN2S. The van der Waals surface area contributed by atoms with E-state index in [1.165, 1.54) is 11.1 Å². The van der Waals surface area contributed by atoms with E-state index >= 15 is 0 Å². The summed E-state index contributed by atoms with van der Waals surface area (Å²) < 4.78 is 0. The van der Waals surface area contributed by atoms with Gasteiger partial charge < -0.3 is 10.6 Å². The van der Waals surface area contributed by atoms with Crippen LogP contribution in [0.2, 0.25) is 5.02 Å². The first-order chi connectivity index (χ1) is 9.56. The van der Waals surface area contributed by atoms with E-state index in [0.29, 0.717) is 10.1 Å². The predicted molar refractivity (Wildman–Crippen MR) is 90.4 cm³/mol. The van der Waals surface area contributed by atoms with Crippen LogP contribution in [0.25, 0.3) is 0 Å². The average molecular weight is 305 g/mol. The van der Waals surface area contributed by atoms with E-state index in [1.54, 1.807) is 0 Å². The molecule has 4 heteroatoms. The zero-order valence-corrected chi connectivity index (χ0v) is 13.1. The molecule has 20 heavy (non-hydrogen) atoms. The highest BCUT2D eigenvalue weighted by Gasteiger charge is 2.09. The number of halogens is 1. The van der Waals surface area contributed by atoms with Crippen LogP contribution in [0.4, 0.5) is 5.69 Å². The van der Waals surface area contributed by atoms with Crippen molar-refractivity contribution in [2.75, 3.05) is 5.32 Å². The van der Waals surface area contributed by atoms with Crippen molar-refractivity contribution in [2.24, 2.45) is 0 Å². The number of anilines is 1. The molecule has 0 aromatic heterocycles. The van der Waals surface area contributed by atoms with Crippen molar-refractivity contribution in [3.05, 3.63) is 64.7 Å². The Morgan fingerprint density at radius 2 is 1.75 bits per heavy atom. The maximum absolute atomic E-state index is 5.85. The van der Waals surface area contributed by atoms with Crippen molar-refractivity contribution >= 4 is 34.6 Å². The molecule has 2 aromatic carbocycles. The molecule has 0 saturated carbocycles. The molecule has 2 nitrogen and oxygen atoms in total. The first-order valence-electron chi connectivity index (χ1n) is 6.45. The van der Waals surface area contributed by atoms with Gasteiger partial charge in [-0.15, -0.1) is 0 Å². The van der Waals surface area contributed by atoms with E-state index in [1.807, 2.05) is 36.4 Å². The molecule has 0 fully saturated rings. The Morgan fingerprint density at radius 3 is 2.40 bits per heavy atom. The lowest BCUT2D eigenvalue weighted by molar-refractivity contribution is 0.717. The molecule has 0 radical (unpaired) electrons. The molecule has 2 aromatic rings. The van der Waals surface area contributed by atoms with Crippen LogP contribution >= 0.6 is 23.8 Å². The Balaban J connectivity index is 1.98. The van der Waals surface area contributed by atoms with Crippen LogP contribution < -0.4 is 10.6 Å². The van der Waals surface area contributed by atoms with Gasteiger partial charge in [0.25, 0.3) is 0 Å². The Hall–Kier alpha value is -1.58. The molecule has 0 aliphatic heterocycles. The molecule has 1 unspecified atom stereocenters. The van der Waals surface area contributed by atoms with E-state index in [9.17, 15) is 0 Å². The van der Waals surface area contributed by atoms with Crippen LogP contribution in [0.3, 0.4) is 0 Å². The highest BCUT2D eigenvalue weighted by atomic mass is 35.5. The summed E-state index contributed by atoms with van der Waals surface area (Å²) in [6, 6.07) is 15.9. The second-order valence-electron chi connectivity index (χ2n) is 4.68. The number of hydrogen-bond donors (Lipinski definition) is 2. The molecule has 104 valence electrons. The number of nitrogens with one attached hydrogen (secondary N) is 2. The van der Waals surface area contributed by atoms with Crippen molar-refractivity contribution in [1.29, 1.82) is 0 Å². The monoisotopic (exact) mass is 304 g/mol. The summed E-state index contributed by atoms with van der Waals surface area (Å²) in [5, 5.41) is 7.75. The Labute approximate surface area is 130 Å². The second kappa shape index (κ2) is 6.73. The van der Waals surface area contributed by atoms with E-state index in [2.05, 4.69) is 36.6 Å².